The molecule has 1 amide bonds. The van der Waals surface area contributed by atoms with Gasteiger partial charge in [0, 0.05) is 18.8 Å². The van der Waals surface area contributed by atoms with E-state index in [1.165, 1.54) is 4.90 Å². The number of rotatable bonds is 5. The molecule has 1 aromatic heterocycles. The Labute approximate surface area is 124 Å². The number of carboxylic acid groups (broad SMARTS) is 1. The molecule has 6 nitrogen and oxygen atoms in total. The highest BCUT2D eigenvalue weighted by atomic mass is 16.4. The zero-order chi connectivity index (χ0) is 15.6. The molecule has 2 rings (SSSR count). The number of hydrogen-bond acceptors (Lipinski definition) is 3. The van der Waals surface area contributed by atoms with Crippen molar-refractivity contribution in [3.05, 3.63) is 17.5 Å². The molecule has 0 saturated carbocycles. The molecule has 116 valence electrons. The summed E-state index contributed by atoms with van der Waals surface area (Å²) in [6.07, 6.45) is 3.83. The second kappa shape index (κ2) is 6.28. The molecule has 0 aromatic carbocycles. The van der Waals surface area contributed by atoms with Crippen LogP contribution in [0.15, 0.2) is 6.20 Å². The van der Waals surface area contributed by atoms with Crippen LogP contribution in [0.5, 0.6) is 0 Å². The van der Waals surface area contributed by atoms with Crippen molar-refractivity contribution in [1.29, 1.82) is 0 Å². The molecule has 1 atom stereocenters. The van der Waals surface area contributed by atoms with Crippen LogP contribution in [0.3, 0.4) is 0 Å². The maximum atomic E-state index is 12.5. The number of carbonyl (C=O) groups excluding carboxylic acids is 1. The topological polar surface area (TPSA) is 75.4 Å². The molecule has 0 spiro atoms. The number of hydrogen-bond donors (Lipinski definition) is 1. The molecular formula is C15H23N3O3. The number of carboxylic acids is 1. The largest absolute Gasteiger partial charge is 0.480 e. The van der Waals surface area contributed by atoms with Gasteiger partial charge in [0.1, 0.15) is 6.04 Å². The number of likely N-dealkylation sites (tertiary alicyclic amines) is 1. The average molecular weight is 293 g/mol. The molecule has 2 heterocycles. The second-order valence-corrected chi connectivity index (χ2v) is 6.04. The van der Waals surface area contributed by atoms with Crippen molar-refractivity contribution < 1.29 is 14.7 Å². The van der Waals surface area contributed by atoms with Gasteiger partial charge in [-0.3, -0.25) is 9.48 Å². The van der Waals surface area contributed by atoms with Gasteiger partial charge in [-0.25, -0.2) is 4.79 Å². The average Bonchev–Trinajstić information content (AvgIpc) is 3.02. The lowest BCUT2D eigenvalue weighted by molar-refractivity contribution is -0.141. The van der Waals surface area contributed by atoms with E-state index in [9.17, 15) is 14.7 Å². The fraction of sp³-hybridized carbons (Fsp3) is 0.667. The Kier molecular flexibility index (Phi) is 4.65. The normalized spacial score (nSPS) is 18.5. The third kappa shape index (κ3) is 3.25. The van der Waals surface area contributed by atoms with Gasteiger partial charge in [0.2, 0.25) is 0 Å². The number of carbonyl (C=O) groups is 2. The van der Waals surface area contributed by atoms with Gasteiger partial charge in [0.15, 0.2) is 0 Å². The van der Waals surface area contributed by atoms with Gasteiger partial charge >= 0.3 is 5.97 Å². The summed E-state index contributed by atoms with van der Waals surface area (Å²) in [4.78, 5) is 25.2. The van der Waals surface area contributed by atoms with Crippen molar-refractivity contribution in [2.45, 2.75) is 52.6 Å². The first-order valence-corrected chi connectivity index (χ1v) is 7.48. The van der Waals surface area contributed by atoms with E-state index in [4.69, 9.17) is 0 Å². The van der Waals surface area contributed by atoms with E-state index in [0.717, 1.165) is 25.1 Å². The zero-order valence-electron chi connectivity index (χ0n) is 12.9. The lowest BCUT2D eigenvalue weighted by Gasteiger charge is -2.21. The summed E-state index contributed by atoms with van der Waals surface area (Å²) in [6.45, 7) is 7.44. The van der Waals surface area contributed by atoms with Crippen molar-refractivity contribution in [2.75, 3.05) is 6.54 Å². The minimum Gasteiger partial charge on any atom is -0.480 e. The predicted octanol–water partition coefficient (Wildman–Crippen LogP) is 1.93. The van der Waals surface area contributed by atoms with Crippen molar-refractivity contribution in [3.63, 3.8) is 0 Å². The van der Waals surface area contributed by atoms with Gasteiger partial charge in [0.05, 0.1) is 11.8 Å². The van der Waals surface area contributed by atoms with Gasteiger partial charge in [-0.05, 0) is 32.1 Å². The van der Waals surface area contributed by atoms with Crippen LogP contribution < -0.4 is 0 Å². The summed E-state index contributed by atoms with van der Waals surface area (Å²) in [7, 11) is 0. The van der Waals surface area contributed by atoms with E-state index < -0.39 is 12.0 Å². The molecule has 0 unspecified atom stereocenters. The molecule has 1 N–H and O–H groups in total. The molecule has 1 aliphatic heterocycles. The third-order valence-electron chi connectivity index (χ3n) is 4.05. The minimum atomic E-state index is -0.925. The Bertz CT molecular complexity index is 536. The Morgan fingerprint density at radius 2 is 2.19 bits per heavy atom. The monoisotopic (exact) mass is 293 g/mol. The summed E-state index contributed by atoms with van der Waals surface area (Å²) in [5.41, 5.74) is 1.34. The van der Waals surface area contributed by atoms with Gasteiger partial charge in [-0.2, -0.15) is 5.10 Å². The highest BCUT2D eigenvalue weighted by Crippen LogP contribution is 2.22. The summed E-state index contributed by atoms with van der Waals surface area (Å²) in [5.74, 6) is -0.568. The van der Waals surface area contributed by atoms with Crippen LogP contribution in [-0.4, -0.2) is 44.3 Å². The van der Waals surface area contributed by atoms with E-state index >= 15 is 0 Å². The van der Waals surface area contributed by atoms with E-state index in [2.05, 4.69) is 18.9 Å². The Balaban J connectivity index is 2.14. The van der Waals surface area contributed by atoms with E-state index in [1.807, 2.05) is 11.6 Å². The third-order valence-corrected chi connectivity index (χ3v) is 4.05. The number of nitrogens with zero attached hydrogens (tertiary/aromatic N) is 3. The van der Waals surface area contributed by atoms with Crippen LogP contribution in [0.2, 0.25) is 0 Å². The first-order valence-electron chi connectivity index (χ1n) is 7.48. The number of aromatic nitrogens is 2. The lowest BCUT2D eigenvalue weighted by Crippen LogP contribution is -2.40. The molecule has 1 saturated heterocycles. The van der Waals surface area contributed by atoms with Gasteiger partial charge < -0.3 is 10.0 Å². The molecule has 0 aliphatic carbocycles. The van der Waals surface area contributed by atoms with Crippen LogP contribution in [0.25, 0.3) is 0 Å². The van der Waals surface area contributed by atoms with E-state index in [-0.39, 0.29) is 5.91 Å². The predicted molar refractivity (Wildman–Crippen MR) is 78.1 cm³/mol. The first kappa shape index (κ1) is 15.5. The van der Waals surface area contributed by atoms with Gasteiger partial charge in [0.25, 0.3) is 5.91 Å². The minimum absolute atomic E-state index is 0.215. The maximum absolute atomic E-state index is 12.5. The van der Waals surface area contributed by atoms with Crippen LogP contribution in [0.4, 0.5) is 0 Å². The molecule has 1 fully saturated rings. The zero-order valence-corrected chi connectivity index (χ0v) is 12.9. The van der Waals surface area contributed by atoms with Crippen molar-refractivity contribution >= 4 is 11.9 Å². The van der Waals surface area contributed by atoms with Crippen molar-refractivity contribution in [1.82, 2.24) is 14.7 Å². The van der Waals surface area contributed by atoms with Crippen molar-refractivity contribution in [2.24, 2.45) is 5.92 Å². The summed E-state index contributed by atoms with van der Waals surface area (Å²) >= 11 is 0. The lowest BCUT2D eigenvalue weighted by atomic mass is 10.1. The Morgan fingerprint density at radius 1 is 1.48 bits per heavy atom. The van der Waals surface area contributed by atoms with Gasteiger partial charge in [-0.1, -0.05) is 13.8 Å². The molecule has 1 aromatic rings. The molecule has 0 bridgehead atoms. The van der Waals surface area contributed by atoms with Gasteiger partial charge in [-0.15, -0.1) is 0 Å². The molecule has 0 radical (unpaired) electrons. The summed E-state index contributed by atoms with van der Waals surface area (Å²) < 4.78 is 1.83. The summed E-state index contributed by atoms with van der Waals surface area (Å²) in [5, 5.41) is 13.5. The SMILES string of the molecule is Cc1c(C(=O)N2CCC[C@H]2C(=O)O)cnn1CCC(C)C. The highest BCUT2D eigenvalue weighted by molar-refractivity contribution is 5.97. The van der Waals surface area contributed by atoms with Crippen molar-refractivity contribution in [3.8, 4) is 0 Å². The maximum Gasteiger partial charge on any atom is 0.326 e. The van der Waals surface area contributed by atoms with Crippen LogP contribution in [0, 0.1) is 12.8 Å². The quantitative estimate of drug-likeness (QED) is 0.900. The fourth-order valence-electron chi connectivity index (χ4n) is 2.68. The number of amides is 1. The fourth-order valence-corrected chi connectivity index (χ4v) is 2.68. The highest BCUT2D eigenvalue weighted by Gasteiger charge is 2.35. The number of aliphatic carboxylic acids is 1. The molecular weight excluding hydrogens is 270 g/mol. The molecule has 1 aliphatic rings. The van der Waals surface area contributed by atoms with Crippen LogP contribution in [0.1, 0.15) is 49.2 Å². The Hall–Kier alpha value is -1.85. The Morgan fingerprint density at radius 3 is 2.81 bits per heavy atom. The first-order chi connectivity index (χ1) is 9.91. The standard InChI is InChI=1S/C15H23N3O3/c1-10(2)6-8-18-11(3)12(9-16-18)14(19)17-7-4-5-13(17)15(20)21/h9-10,13H,4-8H2,1-3H3,(H,20,21)/t13-/m0/s1. The second-order valence-electron chi connectivity index (χ2n) is 6.04. The van der Waals surface area contributed by atoms with Crippen LogP contribution >= 0.6 is 0 Å². The summed E-state index contributed by atoms with van der Waals surface area (Å²) in [6, 6.07) is -0.698. The number of aryl methyl sites for hydroxylation is 1. The van der Waals surface area contributed by atoms with E-state index in [0.29, 0.717) is 24.4 Å². The molecule has 21 heavy (non-hydrogen) atoms. The van der Waals surface area contributed by atoms with Crippen LogP contribution in [-0.2, 0) is 11.3 Å². The molecule has 6 heteroatoms. The van der Waals surface area contributed by atoms with E-state index in [1.54, 1.807) is 6.20 Å². The smallest absolute Gasteiger partial charge is 0.326 e.